The molecule has 2 aromatic carbocycles. The second kappa shape index (κ2) is 9.69. The maximum absolute atomic E-state index is 5.38. The van der Waals surface area contributed by atoms with Gasteiger partial charge in [0.2, 0.25) is 0 Å². The molecule has 0 fully saturated rings. The van der Waals surface area contributed by atoms with Crippen LogP contribution in [0.5, 0.6) is 11.5 Å². The molecule has 1 heterocycles. The van der Waals surface area contributed by atoms with Crippen molar-refractivity contribution >= 4 is 11.3 Å². The normalized spacial score (nSPS) is 16.7. The minimum atomic E-state index is 0.243. The van der Waals surface area contributed by atoms with E-state index in [1.165, 1.54) is 22.3 Å². The third-order valence-electron chi connectivity index (χ3n) is 5.58. The number of anilines is 1. The first-order valence-corrected chi connectivity index (χ1v) is 10.6. The van der Waals surface area contributed by atoms with Crippen LogP contribution >= 0.6 is 0 Å². The molecule has 2 aromatic rings. The van der Waals surface area contributed by atoms with Crippen LogP contribution in [0.2, 0.25) is 0 Å². The predicted octanol–water partition coefficient (Wildman–Crippen LogP) is 6.65. The van der Waals surface area contributed by atoms with Crippen LogP contribution in [0.25, 0.3) is 5.57 Å². The zero-order valence-electron chi connectivity index (χ0n) is 18.3. The second-order valence-electron chi connectivity index (χ2n) is 7.31. The summed E-state index contributed by atoms with van der Waals surface area (Å²) in [6.07, 6.45) is 7.91. The van der Waals surface area contributed by atoms with E-state index in [9.17, 15) is 0 Å². The van der Waals surface area contributed by atoms with Gasteiger partial charge in [-0.05, 0) is 77.9 Å². The van der Waals surface area contributed by atoms with Crippen molar-refractivity contribution in [2.45, 2.75) is 52.5 Å². The molecule has 1 aliphatic rings. The molecule has 0 spiro atoms. The average Bonchev–Trinajstić information content (AvgIpc) is 2.78. The van der Waals surface area contributed by atoms with Crippen LogP contribution in [-0.4, -0.2) is 20.3 Å². The number of hydrogen-bond donors (Lipinski definition) is 0. The first-order chi connectivity index (χ1) is 14.2. The topological polar surface area (TPSA) is 21.7 Å². The molecule has 0 bridgehead atoms. The van der Waals surface area contributed by atoms with Gasteiger partial charge in [-0.25, -0.2) is 0 Å². The zero-order chi connectivity index (χ0) is 20.8. The molecule has 1 radical (unpaired) electrons. The van der Waals surface area contributed by atoms with Gasteiger partial charge in [0.05, 0.1) is 26.5 Å². The SMILES string of the molecule is CCCC1=[C]N(c2ccc(OC)cc2)C(CC)C(c2ccc(OC)cc2)=C1CC. The summed E-state index contributed by atoms with van der Waals surface area (Å²) < 4.78 is 10.7. The number of methoxy groups -OCH3 is 2. The molecule has 153 valence electrons. The van der Waals surface area contributed by atoms with Crippen molar-refractivity contribution in [3.63, 3.8) is 0 Å². The van der Waals surface area contributed by atoms with Gasteiger partial charge in [0, 0.05) is 5.69 Å². The number of benzene rings is 2. The summed E-state index contributed by atoms with van der Waals surface area (Å²) in [4.78, 5) is 2.32. The summed E-state index contributed by atoms with van der Waals surface area (Å²) >= 11 is 0. The predicted molar refractivity (Wildman–Crippen MR) is 121 cm³/mol. The molecule has 3 heteroatoms. The van der Waals surface area contributed by atoms with Crippen molar-refractivity contribution in [1.82, 2.24) is 0 Å². The van der Waals surface area contributed by atoms with Crippen LogP contribution in [0, 0.1) is 6.20 Å². The van der Waals surface area contributed by atoms with Crippen molar-refractivity contribution in [2.24, 2.45) is 0 Å². The van der Waals surface area contributed by atoms with E-state index in [1.54, 1.807) is 14.2 Å². The highest BCUT2D eigenvalue weighted by molar-refractivity contribution is 5.81. The first kappa shape index (κ1) is 21.0. The molecule has 0 aliphatic carbocycles. The van der Waals surface area contributed by atoms with Gasteiger partial charge in [-0.15, -0.1) is 0 Å². The molecule has 0 amide bonds. The summed E-state index contributed by atoms with van der Waals surface area (Å²) in [7, 11) is 3.41. The second-order valence-corrected chi connectivity index (χ2v) is 7.31. The maximum atomic E-state index is 5.38. The molecule has 3 nitrogen and oxygen atoms in total. The maximum Gasteiger partial charge on any atom is 0.119 e. The van der Waals surface area contributed by atoms with Crippen LogP contribution < -0.4 is 14.4 Å². The number of rotatable bonds is 8. The number of allylic oxidation sites excluding steroid dienone is 2. The summed E-state index contributed by atoms with van der Waals surface area (Å²) in [6, 6.07) is 17.0. The summed E-state index contributed by atoms with van der Waals surface area (Å²) in [5.41, 5.74) is 6.58. The van der Waals surface area contributed by atoms with Gasteiger partial charge < -0.3 is 14.4 Å². The van der Waals surface area contributed by atoms with Gasteiger partial charge in [-0.1, -0.05) is 39.3 Å². The number of hydrogen-bond acceptors (Lipinski definition) is 3. The summed E-state index contributed by atoms with van der Waals surface area (Å²) in [5.74, 6) is 1.76. The van der Waals surface area contributed by atoms with Crippen LogP contribution in [0.1, 0.15) is 52.0 Å². The van der Waals surface area contributed by atoms with Crippen LogP contribution in [0.4, 0.5) is 5.69 Å². The highest BCUT2D eigenvalue weighted by Gasteiger charge is 2.30. The highest BCUT2D eigenvalue weighted by Crippen LogP contribution is 2.41. The smallest absolute Gasteiger partial charge is 0.119 e. The summed E-state index contributed by atoms with van der Waals surface area (Å²) in [5, 5.41) is 0. The van der Waals surface area contributed by atoms with E-state index in [4.69, 9.17) is 9.47 Å². The van der Waals surface area contributed by atoms with Crippen molar-refractivity contribution in [3.8, 4) is 11.5 Å². The van der Waals surface area contributed by atoms with Crippen molar-refractivity contribution in [1.29, 1.82) is 0 Å². The van der Waals surface area contributed by atoms with E-state index in [0.29, 0.717) is 0 Å². The highest BCUT2D eigenvalue weighted by atomic mass is 16.5. The molecule has 29 heavy (non-hydrogen) atoms. The van der Waals surface area contributed by atoms with E-state index < -0.39 is 0 Å². The molecular formula is C26H32NO2. The van der Waals surface area contributed by atoms with Crippen LogP contribution in [0.3, 0.4) is 0 Å². The van der Waals surface area contributed by atoms with Crippen molar-refractivity contribution in [2.75, 3.05) is 19.1 Å². The van der Waals surface area contributed by atoms with Crippen LogP contribution in [-0.2, 0) is 0 Å². The van der Waals surface area contributed by atoms with E-state index in [0.717, 1.165) is 42.9 Å². The van der Waals surface area contributed by atoms with Gasteiger partial charge in [0.25, 0.3) is 0 Å². The van der Waals surface area contributed by atoms with E-state index >= 15 is 0 Å². The Balaban J connectivity index is 2.13. The Hall–Kier alpha value is -2.68. The zero-order valence-corrected chi connectivity index (χ0v) is 18.3. The van der Waals surface area contributed by atoms with E-state index in [1.807, 2.05) is 12.1 Å². The molecule has 1 unspecified atom stereocenters. The lowest BCUT2D eigenvalue weighted by Gasteiger charge is -2.38. The average molecular weight is 391 g/mol. The van der Waals surface area contributed by atoms with Crippen molar-refractivity contribution < 1.29 is 9.47 Å². The van der Waals surface area contributed by atoms with Crippen molar-refractivity contribution in [3.05, 3.63) is 71.4 Å². The van der Waals surface area contributed by atoms with Crippen LogP contribution in [0.15, 0.2) is 59.7 Å². The Labute approximate surface area is 175 Å². The van der Waals surface area contributed by atoms with E-state index in [-0.39, 0.29) is 6.04 Å². The summed E-state index contributed by atoms with van der Waals surface area (Å²) in [6.45, 7) is 6.75. The van der Waals surface area contributed by atoms with E-state index in [2.05, 4.69) is 68.3 Å². The Kier molecular flexibility index (Phi) is 7.03. The minimum Gasteiger partial charge on any atom is -0.497 e. The Morgan fingerprint density at radius 3 is 1.93 bits per heavy atom. The molecule has 0 saturated carbocycles. The largest absolute Gasteiger partial charge is 0.497 e. The molecule has 0 N–H and O–H groups in total. The third-order valence-corrected chi connectivity index (χ3v) is 5.58. The standard InChI is InChI=1S/C26H32NO2/c1-6-9-20-18-27(21-12-16-23(29-5)17-13-21)25(8-3)26(24(20)7-2)19-10-14-22(28-4)15-11-19/h10-17,25H,6-9H2,1-5H3. The van der Waals surface area contributed by atoms with Gasteiger partial charge >= 0.3 is 0 Å². The minimum absolute atomic E-state index is 0.243. The third kappa shape index (κ3) is 4.34. The number of nitrogens with zero attached hydrogens (tertiary/aromatic N) is 1. The molecule has 1 aliphatic heterocycles. The molecule has 1 atom stereocenters. The Morgan fingerprint density at radius 2 is 1.45 bits per heavy atom. The Morgan fingerprint density at radius 1 is 0.862 bits per heavy atom. The lowest BCUT2D eigenvalue weighted by atomic mass is 9.82. The van der Waals surface area contributed by atoms with Gasteiger partial charge in [-0.3, -0.25) is 0 Å². The molecule has 3 rings (SSSR count). The van der Waals surface area contributed by atoms with Gasteiger partial charge in [0.15, 0.2) is 0 Å². The fraction of sp³-hybridized carbons (Fsp3) is 0.385. The lowest BCUT2D eigenvalue weighted by molar-refractivity contribution is 0.414. The Bertz CT molecular complexity index is 863. The molecular weight excluding hydrogens is 358 g/mol. The number of ether oxygens (including phenoxy) is 2. The fourth-order valence-corrected chi connectivity index (χ4v) is 4.16. The van der Waals surface area contributed by atoms with Gasteiger partial charge in [0.1, 0.15) is 11.5 Å². The molecule has 0 saturated heterocycles. The first-order valence-electron chi connectivity index (χ1n) is 10.6. The quantitative estimate of drug-likeness (QED) is 0.503. The monoisotopic (exact) mass is 390 g/mol. The fourth-order valence-electron chi connectivity index (χ4n) is 4.16. The van der Waals surface area contributed by atoms with Gasteiger partial charge in [-0.2, -0.15) is 0 Å². The molecule has 0 aromatic heterocycles. The lowest BCUT2D eigenvalue weighted by Crippen LogP contribution is -2.36.